The van der Waals surface area contributed by atoms with Gasteiger partial charge < -0.3 is 4.57 Å². The Balaban J connectivity index is 1.15. The van der Waals surface area contributed by atoms with E-state index >= 15 is 0 Å². The van der Waals surface area contributed by atoms with Crippen LogP contribution in [-0.4, -0.2) is 22.4 Å². The van der Waals surface area contributed by atoms with Gasteiger partial charge in [0.1, 0.15) is 5.57 Å². The maximum absolute atomic E-state index is 14.0. The minimum atomic E-state index is -0.688. The summed E-state index contributed by atoms with van der Waals surface area (Å²) < 4.78 is 2.19. The molecule has 0 spiro atoms. The molecule has 0 radical (unpaired) electrons. The monoisotopic (exact) mass is 609 g/mol. The van der Waals surface area contributed by atoms with Gasteiger partial charge in [-0.05, 0) is 142 Å². The number of nitrogens with zero attached hydrogens (tertiary/aromatic N) is 3. The molecule has 0 atom stereocenters. The van der Waals surface area contributed by atoms with E-state index in [9.17, 15) is 14.4 Å². The SMILES string of the molecule is Cc1ccc(N2C(=O)/C(=C/c3cc(C)n(-c4ccc(C56CC7CC(CC(C7)C5)C6)cc4)c3C)C(=O)N(c3ccccc3)C2=O)cc1. The average Bonchev–Trinajstić information content (AvgIpc) is 3.32. The van der Waals surface area contributed by atoms with E-state index in [1.54, 1.807) is 42.5 Å². The van der Waals surface area contributed by atoms with Crippen molar-refractivity contribution in [3.05, 3.63) is 119 Å². The first-order valence-corrected chi connectivity index (χ1v) is 16.6. The summed E-state index contributed by atoms with van der Waals surface area (Å²) in [5.41, 5.74) is 7.39. The third-order valence-electron chi connectivity index (χ3n) is 11.1. The summed E-state index contributed by atoms with van der Waals surface area (Å²) in [6.07, 6.45) is 9.95. The van der Waals surface area contributed by atoms with Crippen molar-refractivity contribution >= 4 is 35.3 Å². The molecule has 9 rings (SSSR count). The van der Waals surface area contributed by atoms with Gasteiger partial charge in [-0.25, -0.2) is 14.6 Å². The molecule has 1 aliphatic heterocycles. The van der Waals surface area contributed by atoms with Crippen molar-refractivity contribution in [2.75, 3.05) is 9.80 Å². The Morgan fingerprint density at radius 1 is 0.652 bits per heavy atom. The third-order valence-corrected chi connectivity index (χ3v) is 11.1. The minimum Gasteiger partial charge on any atom is -0.318 e. The zero-order valence-electron chi connectivity index (χ0n) is 26.7. The first kappa shape index (κ1) is 28.7. The maximum atomic E-state index is 14.0. The molecule has 3 aromatic carbocycles. The van der Waals surface area contributed by atoms with Crippen LogP contribution in [0.2, 0.25) is 0 Å². The molecule has 232 valence electrons. The van der Waals surface area contributed by atoms with E-state index in [0.29, 0.717) is 16.8 Å². The van der Waals surface area contributed by atoms with Crippen LogP contribution in [0.1, 0.15) is 66.6 Å². The molecule has 2 heterocycles. The number of carbonyl (C=O) groups excluding carboxylic acids is 3. The van der Waals surface area contributed by atoms with Crippen molar-refractivity contribution in [3.63, 3.8) is 0 Å². The highest BCUT2D eigenvalue weighted by Gasteiger charge is 2.51. The highest BCUT2D eigenvalue weighted by molar-refractivity contribution is 6.46. The van der Waals surface area contributed by atoms with Gasteiger partial charge in [0.15, 0.2) is 0 Å². The van der Waals surface area contributed by atoms with E-state index in [1.807, 2.05) is 45.0 Å². The van der Waals surface area contributed by atoms with Gasteiger partial charge in [-0.2, -0.15) is 0 Å². The number of aromatic nitrogens is 1. The molecule has 4 saturated carbocycles. The molecule has 1 aromatic heterocycles. The lowest BCUT2D eigenvalue weighted by molar-refractivity contribution is -0.121. The number of para-hydroxylation sites is 1. The molecule has 4 amide bonds. The van der Waals surface area contributed by atoms with Crippen molar-refractivity contribution in [2.24, 2.45) is 17.8 Å². The van der Waals surface area contributed by atoms with E-state index in [0.717, 1.165) is 55.8 Å². The average molecular weight is 610 g/mol. The van der Waals surface area contributed by atoms with Gasteiger partial charge >= 0.3 is 6.03 Å². The Kier molecular flexibility index (Phi) is 6.68. The first-order valence-electron chi connectivity index (χ1n) is 16.6. The van der Waals surface area contributed by atoms with Gasteiger partial charge in [0.05, 0.1) is 11.4 Å². The predicted molar refractivity (Wildman–Crippen MR) is 181 cm³/mol. The fourth-order valence-corrected chi connectivity index (χ4v) is 9.37. The number of rotatable bonds is 5. The molecule has 6 heteroatoms. The molecule has 5 fully saturated rings. The van der Waals surface area contributed by atoms with Crippen LogP contribution in [-0.2, 0) is 15.0 Å². The van der Waals surface area contributed by atoms with Gasteiger partial charge in [-0.3, -0.25) is 9.59 Å². The number of urea groups is 1. The summed E-state index contributed by atoms with van der Waals surface area (Å²) in [6.45, 7) is 6.01. The van der Waals surface area contributed by atoms with E-state index in [1.165, 1.54) is 44.1 Å². The Bertz CT molecular complexity index is 1860. The Morgan fingerprint density at radius 3 is 1.74 bits per heavy atom. The van der Waals surface area contributed by atoms with Crippen LogP contribution in [0.3, 0.4) is 0 Å². The van der Waals surface area contributed by atoms with Gasteiger partial charge in [0.25, 0.3) is 11.8 Å². The smallest absolute Gasteiger partial charge is 0.318 e. The van der Waals surface area contributed by atoms with Crippen molar-refractivity contribution in [3.8, 4) is 5.69 Å². The van der Waals surface area contributed by atoms with Crippen LogP contribution in [0.5, 0.6) is 0 Å². The number of barbiturate groups is 1. The van der Waals surface area contributed by atoms with Crippen LogP contribution < -0.4 is 9.80 Å². The summed E-state index contributed by atoms with van der Waals surface area (Å²) in [4.78, 5) is 43.8. The second-order valence-electron chi connectivity index (χ2n) is 14.2. The van der Waals surface area contributed by atoms with E-state index in [-0.39, 0.29) is 5.57 Å². The number of amides is 4. The lowest BCUT2D eigenvalue weighted by Gasteiger charge is -2.57. The summed E-state index contributed by atoms with van der Waals surface area (Å²) in [5.74, 6) is 1.44. The first-order chi connectivity index (χ1) is 22.2. The van der Waals surface area contributed by atoms with Gasteiger partial charge in [0.2, 0.25) is 0 Å². The Morgan fingerprint density at radius 2 is 1.17 bits per heavy atom. The second kappa shape index (κ2) is 10.7. The molecule has 5 aliphatic rings. The van der Waals surface area contributed by atoms with Gasteiger partial charge in [-0.1, -0.05) is 48.0 Å². The third kappa shape index (κ3) is 4.57. The number of imide groups is 2. The number of carbonyl (C=O) groups is 3. The zero-order chi connectivity index (χ0) is 31.7. The van der Waals surface area contributed by atoms with E-state index < -0.39 is 17.8 Å². The standard InChI is InChI=1S/C40H39N3O3/c1-25-9-13-35(14-10-25)43-38(45)36(37(44)42(39(43)46)33-7-5-4-6-8-33)21-31-17-26(2)41(27(31)3)34-15-11-32(12-16-34)40-22-28-18-29(23-40)20-30(19-28)24-40/h4-17,21,28-30H,18-20,22-24H2,1-3H3/b36-21+. The number of hydrogen-bond acceptors (Lipinski definition) is 3. The largest absolute Gasteiger partial charge is 0.343 e. The fourth-order valence-electron chi connectivity index (χ4n) is 9.37. The normalized spacial score (nSPS) is 26.5. The summed E-state index contributed by atoms with van der Waals surface area (Å²) >= 11 is 0. The zero-order valence-corrected chi connectivity index (χ0v) is 26.7. The summed E-state index contributed by atoms with van der Waals surface area (Å²) in [5, 5.41) is 0. The van der Waals surface area contributed by atoms with E-state index in [4.69, 9.17) is 0 Å². The number of aryl methyl sites for hydroxylation is 2. The molecule has 4 aliphatic carbocycles. The lowest BCUT2D eigenvalue weighted by Crippen LogP contribution is -2.57. The topological polar surface area (TPSA) is 62.6 Å². The molecular weight excluding hydrogens is 570 g/mol. The molecule has 46 heavy (non-hydrogen) atoms. The Labute approximate surface area is 270 Å². The number of hydrogen-bond donors (Lipinski definition) is 0. The number of anilines is 2. The lowest BCUT2D eigenvalue weighted by atomic mass is 9.48. The fraction of sp³-hybridized carbons (Fsp3) is 0.325. The van der Waals surface area contributed by atoms with Gasteiger partial charge in [-0.15, -0.1) is 0 Å². The predicted octanol–water partition coefficient (Wildman–Crippen LogP) is 8.45. The van der Waals surface area contributed by atoms with Crippen molar-refractivity contribution in [1.29, 1.82) is 0 Å². The van der Waals surface area contributed by atoms with Crippen LogP contribution in [0, 0.1) is 38.5 Å². The minimum absolute atomic E-state index is 0.0542. The maximum Gasteiger partial charge on any atom is 0.343 e. The molecule has 0 unspecified atom stereocenters. The van der Waals surface area contributed by atoms with Crippen molar-refractivity contribution in [1.82, 2.24) is 4.57 Å². The molecule has 4 aromatic rings. The molecular formula is C40H39N3O3. The van der Waals surface area contributed by atoms with Gasteiger partial charge in [0, 0.05) is 17.1 Å². The highest BCUT2D eigenvalue weighted by Crippen LogP contribution is 2.60. The van der Waals surface area contributed by atoms with Crippen LogP contribution in [0.25, 0.3) is 11.8 Å². The molecule has 1 saturated heterocycles. The summed E-state index contributed by atoms with van der Waals surface area (Å²) in [7, 11) is 0. The van der Waals surface area contributed by atoms with Crippen LogP contribution in [0.4, 0.5) is 16.2 Å². The van der Waals surface area contributed by atoms with Crippen molar-refractivity contribution in [2.45, 2.75) is 64.7 Å². The molecule has 4 bridgehead atoms. The second-order valence-corrected chi connectivity index (χ2v) is 14.2. The Hall–Kier alpha value is -4.71. The van der Waals surface area contributed by atoms with Crippen LogP contribution in [0.15, 0.2) is 90.5 Å². The quantitative estimate of drug-likeness (QED) is 0.168. The highest BCUT2D eigenvalue weighted by atomic mass is 16.2. The summed E-state index contributed by atoms with van der Waals surface area (Å²) in [6, 6.07) is 26.4. The van der Waals surface area contributed by atoms with Crippen molar-refractivity contribution < 1.29 is 14.4 Å². The molecule has 0 N–H and O–H groups in total. The molecule has 6 nitrogen and oxygen atoms in total. The number of benzene rings is 3. The van der Waals surface area contributed by atoms with E-state index in [2.05, 4.69) is 28.8 Å². The van der Waals surface area contributed by atoms with Crippen LogP contribution >= 0.6 is 0 Å².